The van der Waals surface area contributed by atoms with Gasteiger partial charge in [-0.1, -0.05) is 11.6 Å². The number of carbonyl (C=O) groups is 2. The van der Waals surface area contributed by atoms with Crippen molar-refractivity contribution in [3.05, 3.63) is 74.8 Å². The first kappa shape index (κ1) is 24.3. The molecular formula is C23H19ClF2N4O5. The van der Waals surface area contributed by atoms with E-state index in [1.54, 1.807) is 12.1 Å². The topological polar surface area (TPSA) is 105 Å². The molecule has 0 aliphatic carbocycles. The van der Waals surface area contributed by atoms with E-state index in [2.05, 4.69) is 4.98 Å². The van der Waals surface area contributed by atoms with Gasteiger partial charge in [0.25, 0.3) is 11.5 Å². The van der Waals surface area contributed by atoms with Gasteiger partial charge in [0.15, 0.2) is 5.02 Å². The van der Waals surface area contributed by atoms with E-state index in [1.165, 1.54) is 40.3 Å². The predicted octanol–water partition coefficient (Wildman–Crippen LogP) is 2.70. The summed E-state index contributed by atoms with van der Waals surface area (Å²) < 4.78 is 33.6. The van der Waals surface area contributed by atoms with Crippen molar-refractivity contribution in [2.45, 2.75) is 20.5 Å². The second-order valence-corrected chi connectivity index (χ2v) is 8.06. The molecule has 2 heterocycles. The largest absolute Gasteiger partial charge is 0.471 e. The minimum atomic E-state index is -0.812. The zero-order chi connectivity index (χ0) is 25.4. The molecule has 12 heteroatoms. The van der Waals surface area contributed by atoms with E-state index in [0.29, 0.717) is 23.1 Å². The van der Waals surface area contributed by atoms with Crippen LogP contribution in [-0.4, -0.2) is 39.7 Å². The summed E-state index contributed by atoms with van der Waals surface area (Å²) in [5.41, 5.74) is 0.460. The SMILES string of the molecule is CC(=O)N1CN(C(=O)CO)c2ccc(-n3c(C)nc(OCc4ccc(F)cc4F)c(Cl)c3=O)cc21. The molecule has 0 unspecified atom stereocenters. The first-order chi connectivity index (χ1) is 16.6. The Balaban J connectivity index is 1.70. The fourth-order valence-corrected chi connectivity index (χ4v) is 3.91. The van der Waals surface area contributed by atoms with Gasteiger partial charge in [-0.15, -0.1) is 0 Å². The highest BCUT2D eigenvalue weighted by atomic mass is 35.5. The first-order valence-electron chi connectivity index (χ1n) is 10.3. The van der Waals surface area contributed by atoms with Gasteiger partial charge in [0.05, 0.1) is 17.1 Å². The number of aromatic nitrogens is 2. The van der Waals surface area contributed by atoms with Crippen molar-refractivity contribution in [2.24, 2.45) is 0 Å². The van der Waals surface area contributed by atoms with Crippen molar-refractivity contribution in [3.8, 4) is 11.6 Å². The Kier molecular flexibility index (Phi) is 6.55. The zero-order valence-electron chi connectivity index (χ0n) is 18.6. The lowest BCUT2D eigenvalue weighted by atomic mass is 10.2. The first-order valence-corrected chi connectivity index (χ1v) is 10.7. The van der Waals surface area contributed by atoms with Gasteiger partial charge in [0.1, 0.15) is 37.3 Å². The zero-order valence-corrected chi connectivity index (χ0v) is 19.3. The molecule has 182 valence electrons. The van der Waals surface area contributed by atoms with Crippen LogP contribution in [0.15, 0.2) is 41.2 Å². The molecule has 2 amide bonds. The summed E-state index contributed by atoms with van der Waals surface area (Å²) in [5, 5.41) is 8.88. The molecule has 1 aliphatic heterocycles. The van der Waals surface area contributed by atoms with Crippen LogP contribution >= 0.6 is 11.6 Å². The smallest absolute Gasteiger partial charge is 0.280 e. The standard InChI is InChI=1S/C23H19ClF2N4O5/c1-12-27-22(35-10-14-3-4-15(25)7-17(14)26)21(24)23(34)30(12)16-5-6-18-19(8-16)28(13(2)32)11-29(18)20(33)9-31/h3-8,31H,9-11H2,1-2H3. The van der Waals surface area contributed by atoms with Crippen molar-refractivity contribution in [3.63, 3.8) is 0 Å². The quantitative estimate of drug-likeness (QED) is 0.573. The average Bonchev–Trinajstić information content (AvgIpc) is 3.20. The molecule has 9 nitrogen and oxygen atoms in total. The number of ether oxygens (including phenoxy) is 1. The maximum absolute atomic E-state index is 13.9. The second-order valence-electron chi connectivity index (χ2n) is 7.68. The number of benzene rings is 2. The van der Waals surface area contributed by atoms with Gasteiger partial charge in [0, 0.05) is 18.6 Å². The maximum Gasteiger partial charge on any atom is 0.280 e. The minimum absolute atomic E-state index is 0.0519. The number of rotatable bonds is 5. The van der Waals surface area contributed by atoms with Crippen molar-refractivity contribution >= 4 is 34.8 Å². The van der Waals surface area contributed by atoms with Crippen LogP contribution < -0.4 is 20.1 Å². The van der Waals surface area contributed by atoms with E-state index in [-0.39, 0.29) is 41.5 Å². The second kappa shape index (κ2) is 9.43. The molecule has 0 bridgehead atoms. The van der Waals surface area contributed by atoms with E-state index >= 15 is 0 Å². The van der Waals surface area contributed by atoms with Crippen molar-refractivity contribution in [1.82, 2.24) is 9.55 Å². The van der Waals surface area contributed by atoms with Crippen LogP contribution in [0.5, 0.6) is 5.88 Å². The fraction of sp³-hybridized carbons (Fsp3) is 0.217. The van der Waals surface area contributed by atoms with Gasteiger partial charge in [0.2, 0.25) is 11.8 Å². The number of halogens is 3. The third-order valence-electron chi connectivity index (χ3n) is 5.44. The Morgan fingerprint density at radius 3 is 2.54 bits per heavy atom. The summed E-state index contributed by atoms with van der Waals surface area (Å²) in [7, 11) is 0. The summed E-state index contributed by atoms with van der Waals surface area (Å²) in [6.07, 6.45) is 0. The summed E-state index contributed by atoms with van der Waals surface area (Å²) in [4.78, 5) is 44.1. The van der Waals surface area contributed by atoms with Crippen LogP contribution in [-0.2, 0) is 16.2 Å². The Hall–Kier alpha value is -3.83. The van der Waals surface area contributed by atoms with Crippen LogP contribution in [0.4, 0.5) is 20.2 Å². The number of anilines is 2. The van der Waals surface area contributed by atoms with E-state index in [0.717, 1.165) is 6.07 Å². The lowest BCUT2D eigenvalue weighted by Crippen LogP contribution is -2.38. The van der Waals surface area contributed by atoms with E-state index in [4.69, 9.17) is 16.3 Å². The lowest BCUT2D eigenvalue weighted by Gasteiger charge is -2.16. The average molecular weight is 505 g/mol. The number of carbonyl (C=O) groups excluding carboxylic acids is 2. The third kappa shape index (κ3) is 4.47. The highest BCUT2D eigenvalue weighted by molar-refractivity contribution is 6.31. The summed E-state index contributed by atoms with van der Waals surface area (Å²) >= 11 is 6.21. The molecule has 0 saturated heterocycles. The number of aliphatic hydroxyl groups excluding tert-OH is 1. The number of aryl methyl sites for hydroxylation is 1. The molecule has 4 rings (SSSR count). The maximum atomic E-state index is 13.9. The number of nitrogens with zero attached hydrogens (tertiary/aromatic N) is 4. The molecule has 1 N–H and O–H groups in total. The minimum Gasteiger partial charge on any atom is -0.471 e. The van der Waals surface area contributed by atoms with Gasteiger partial charge in [-0.05, 0) is 37.3 Å². The Bertz CT molecular complexity index is 1410. The van der Waals surface area contributed by atoms with Crippen molar-refractivity contribution in [2.75, 3.05) is 23.1 Å². The van der Waals surface area contributed by atoms with Crippen LogP contribution in [0.25, 0.3) is 5.69 Å². The Morgan fingerprint density at radius 1 is 1.14 bits per heavy atom. The predicted molar refractivity (Wildman–Crippen MR) is 123 cm³/mol. The Morgan fingerprint density at radius 2 is 1.89 bits per heavy atom. The van der Waals surface area contributed by atoms with Crippen LogP contribution in [0, 0.1) is 18.6 Å². The van der Waals surface area contributed by atoms with E-state index in [9.17, 15) is 28.3 Å². The molecule has 1 aromatic heterocycles. The molecule has 2 aromatic carbocycles. The molecule has 0 atom stereocenters. The highest BCUT2D eigenvalue weighted by Crippen LogP contribution is 2.38. The van der Waals surface area contributed by atoms with Crippen molar-refractivity contribution < 1.29 is 28.2 Å². The van der Waals surface area contributed by atoms with Crippen molar-refractivity contribution in [1.29, 1.82) is 0 Å². The number of fused-ring (bicyclic) bond motifs is 1. The van der Waals surface area contributed by atoms with E-state index < -0.39 is 29.7 Å². The molecular weight excluding hydrogens is 486 g/mol. The van der Waals surface area contributed by atoms with Gasteiger partial charge in [-0.3, -0.25) is 28.8 Å². The van der Waals surface area contributed by atoms with Crippen LogP contribution in [0.3, 0.4) is 0 Å². The van der Waals surface area contributed by atoms with Gasteiger partial charge < -0.3 is 9.84 Å². The monoisotopic (exact) mass is 504 g/mol. The molecule has 1 aliphatic rings. The fourth-order valence-electron chi connectivity index (χ4n) is 3.72. The van der Waals surface area contributed by atoms with Crippen LogP contribution in [0.2, 0.25) is 5.02 Å². The highest BCUT2D eigenvalue weighted by Gasteiger charge is 2.32. The molecule has 0 radical (unpaired) electrons. The molecule has 3 aromatic rings. The van der Waals surface area contributed by atoms with Gasteiger partial charge in [-0.25, -0.2) is 8.78 Å². The molecule has 0 fully saturated rings. The van der Waals surface area contributed by atoms with Crippen LogP contribution in [0.1, 0.15) is 18.3 Å². The number of hydrogen-bond acceptors (Lipinski definition) is 6. The third-order valence-corrected chi connectivity index (χ3v) is 5.77. The van der Waals surface area contributed by atoms with Gasteiger partial charge >= 0.3 is 0 Å². The summed E-state index contributed by atoms with van der Waals surface area (Å²) in [6.45, 7) is 1.72. The van der Waals surface area contributed by atoms with E-state index in [1.807, 2.05) is 0 Å². The number of aliphatic hydroxyl groups is 1. The molecule has 0 spiro atoms. The molecule has 35 heavy (non-hydrogen) atoms. The molecule has 0 saturated carbocycles. The number of hydrogen-bond donors (Lipinski definition) is 1. The lowest BCUT2D eigenvalue weighted by molar-refractivity contribution is -0.121. The Labute approximate surface area is 202 Å². The van der Waals surface area contributed by atoms with Gasteiger partial charge in [-0.2, -0.15) is 4.98 Å². The normalized spacial score (nSPS) is 12.6. The number of amides is 2. The summed E-state index contributed by atoms with van der Waals surface area (Å²) in [6, 6.07) is 7.62. The summed E-state index contributed by atoms with van der Waals surface area (Å²) in [5.74, 6) is -2.51.